The number of furan rings is 1. The summed E-state index contributed by atoms with van der Waals surface area (Å²) in [7, 11) is 1.56. The molecular formula is C16H16N2O6. The number of methoxy groups -OCH3 is 1. The molecule has 1 aliphatic rings. The SMILES string of the molecule is COc1ccc2c(CC(=O)OCC(=O)N3CCNC3=O)coc2c1. The molecule has 8 heteroatoms. The number of benzene rings is 1. The molecule has 0 bridgehead atoms. The van der Waals surface area contributed by atoms with Crippen LogP contribution in [0.25, 0.3) is 11.0 Å². The van der Waals surface area contributed by atoms with Crippen molar-refractivity contribution in [2.24, 2.45) is 0 Å². The topological polar surface area (TPSA) is 98.1 Å². The zero-order valence-electron chi connectivity index (χ0n) is 13.0. The highest BCUT2D eigenvalue weighted by Gasteiger charge is 2.26. The summed E-state index contributed by atoms with van der Waals surface area (Å²) in [6.45, 7) is 0.224. The average molecular weight is 332 g/mol. The summed E-state index contributed by atoms with van der Waals surface area (Å²) in [4.78, 5) is 36.1. The number of nitrogens with zero attached hydrogens (tertiary/aromatic N) is 1. The first-order valence-electron chi connectivity index (χ1n) is 7.36. The number of fused-ring (bicyclic) bond motifs is 1. The van der Waals surface area contributed by atoms with Crippen LogP contribution in [0, 0.1) is 0 Å². The molecule has 1 aromatic heterocycles. The van der Waals surface area contributed by atoms with Gasteiger partial charge in [-0.05, 0) is 12.1 Å². The van der Waals surface area contributed by atoms with Crippen molar-refractivity contribution in [2.75, 3.05) is 26.8 Å². The lowest BCUT2D eigenvalue weighted by Gasteiger charge is -2.11. The van der Waals surface area contributed by atoms with E-state index in [1.807, 2.05) is 0 Å². The molecule has 1 saturated heterocycles. The molecule has 0 aliphatic carbocycles. The van der Waals surface area contributed by atoms with E-state index in [0.29, 0.717) is 23.4 Å². The Morgan fingerprint density at radius 3 is 2.92 bits per heavy atom. The molecule has 126 valence electrons. The lowest BCUT2D eigenvalue weighted by Crippen LogP contribution is -2.37. The second kappa shape index (κ2) is 6.61. The lowest BCUT2D eigenvalue weighted by atomic mass is 10.1. The number of hydrogen-bond donors (Lipinski definition) is 1. The van der Waals surface area contributed by atoms with Crippen molar-refractivity contribution in [1.82, 2.24) is 10.2 Å². The second-order valence-corrected chi connectivity index (χ2v) is 5.24. The standard InChI is InChI=1S/C16H16N2O6/c1-22-11-2-3-12-10(8-23-13(12)7-11)6-15(20)24-9-14(19)18-5-4-17-16(18)21/h2-3,7-8H,4-6,9H2,1H3,(H,17,21). The molecule has 1 aromatic carbocycles. The number of ether oxygens (including phenoxy) is 2. The maximum absolute atomic E-state index is 11.9. The van der Waals surface area contributed by atoms with Crippen LogP contribution in [0.2, 0.25) is 0 Å². The molecule has 0 saturated carbocycles. The molecule has 1 N–H and O–H groups in total. The van der Waals surface area contributed by atoms with Crippen LogP contribution in [0.15, 0.2) is 28.9 Å². The molecule has 24 heavy (non-hydrogen) atoms. The number of carbonyl (C=O) groups excluding carboxylic acids is 3. The molecule has 1 aliphatic heterocycles. The van der Waals surface area contributed by atoms with Gasteiger partial charge < -0.3 is 19.2 Å². The summed E-state index contributed by atoms with van der Waals surface area (Å²) in [6.07, 6.45) is 1.44. The minimum atomic E-state index is -0.568. The smallest absolute Gasteiger partial charge is 0.324 e. The fraction of sp³-hybridized carbons (Fsp3) is 0.312. The maximum Gasteiger partial charge on any atom is 0.324 e. The van der Waals surface area contributed by atoms with E-state index < -0.39 is 24.5 Å². The van der Waals surface area contributed by atoms with Crippen LogP contribution in [0.5, 0.6) is 5.75 Å². The van der Waals surface area contributed by atoms with E-state index in [1.54, 1.807) is 25.3 Å². The van der Waals surface area contributed by atoms with Crippen molar-refractivity contribution in [3.05, 3.63) is 30.0 Å². The molecule has 3 rings (SSSR count). The van der Waals surface area contributed by atoms with E-state index in [2.05, 4.69) is 5.32 Å². The van der Waals surface area contributed by atoms with E-state index in [1.165, 1.54) is 6.26 Å². The third-order valence-electron chi connectivity index (χ3n) is 3.71. The van der Waals surface area contributed by atoms with E-state index in [9.17, 15) is 14.4 Å². The van der Waals surface area contributed by atoms with Gasteiger partial charge in [0.15, 0.2) is 6.61 Å². The van der Waals surface area contributed by atoms with Gasteiger partial charge in [-0.2, -0.15) is 0 Å². The van der Waals surface area contributed by atoms with Crippen LogP contribution in [-0.4, -0.2) is 49.6 Å². The summed E-state index contributed by atoms with van der Waals surface area (Å²) in [5.41, 5.74) is 1.26. The van der Waals surface area contributed by atoms with Crippen LogP contribution in [0.4, 0.5) is 4.79 Å². The summed E-state index contributed by atoms with van der Waals surface area (Å²) < 4.78 is 15.5. The summed E-state index contributed by atoms with van der Waals surface area (Å²) in [5, 5.41) is 3.28. The van der Waals surface area contributed by atoms with Gasteiger partial charge in [0.1, 0.15) is 11.3 Å². The maximum atomic E-state index is 11.9. The summed E-state index contributed by atoms with van der Waals surface area (Å²) in [6, 6.07) is 4.81. The van der Waals surface area contributed by atoms with Gasteiger partial charge in [0.05, 0.1) is 19.8 Å². The van der Waals surface area contributed by atoms with Gasteiger partial charge in [-0.1, -0.05) is 0 Å². The van der Waals surface area contributed by atoms with Crippen molar-refractivity contribution in [2.45, 2.75) is 6.42 Å². The highest BCUT2D eigenvalue weighted by molar-refractivity contribution is 5.97. The molecule has 1 fully saturated rings. The molecule has 2 heterocycles. The van der Waals surface area contributed by atoms with E-state index >= 15 is 0 Å². The summed E-state index contributed by atoms with van der Waals surface area (Å²) >= 11 is 0. The summed E-state index contributed by atoms with van der Waals surface area (Å²) in [5.74, 6) is -0.456. The highest BCUT2D eigenvalue weighted by Crippen LogP contribution is 2.26. The van der Waals surface area contributed by atoms with E-state index in [-0.39, 0.29) is 13.0 Å². The Balaban J connectivity index is 1.59. The molecule has 8 nitrogen and oxygen atoms in total. The first-order chi connectivity index (χ1) is 11.6. The van der Waals surface area contributed by atoms with Gasteiger partial charge in [0.2, 0.25) is 0 Å². The minimum absolute atomic E-state index is 0.0290. The van der Waals surface area contributed by atoms with Crippen LogP contribution in [-0.2, 0) is 20.7 Å². The van der Waals surface area contributed by atoms with Crippen molar-refractivity contribution in [3.63, 3.8) is 0 Å². The van der Waals surface area contributed by atoms with Crippen LogP contribution in [0.1, 0.15) is 5.56 Å². The van der Waals surface area contributed by atoms with Crippen LogP contribution >= 0.6 is 0 Å². The first kappa shape index (κ1) is 15.9. The Kier molecular flexibility index (Phi) is 4.37. The number of hydrogen-bond acceptors (Lipinski definition) is 6. The molecule has 0 atom stereocenters. The Bertz CT molecular complexity index is 797. The number of amides is 3. The number of imide groups is 1. The lowest BCUT2D eigenvalue weighted by molar-refractivity contribution is -0.150. The normalized spacial score (nSPS) is 13.9. The average Bonchev–Trinajstić information content (AvgIpc) is 3.18. The molecule has 0 radical (unpaired) electrons. The molecule has 2 aromatic rings. The zero-order chi connectivity index (χ0) is 17.1. The number of carbonyl (C=O) groups is 3. The Morgan fingerprint density at radius 1 is 1.38 bits per heavy atom. The number of urea groups is 1. The third-order valence-corrected chi connectivity index (χ3v) is 3.71. The molecular weight excluding hydrogens is 316 g/mol. The van der Waals surface area contributed by atoms with Gasteiger partial charge in [0.25, 0.3) is 5.91 Å². The van der Waals surface area contributed by atoms with Gasteiger partial charge in [0, 0.05) is 30.1 Å². The minimum Gasteiger partial charge on any atom is -0.497 e. The van der Waals surface area contributed by atoms with E-state index in [0.717, 1.165) is 10.3 Å². The Labute approximate surface area is 137 Å². The van der Waals surface area contributed by atoms with Crippen molar-refractivity contribution in [1.29, 1.82) is 0 Å². The monoisotopic (exact) mass is 332 g/mol. The quantitative estimate of drug-likeness (QED) is 0.823. The first-order valence-corrected chi connectivity index (χ1v) is 7.36. The molecule has 3 amide bonds. The Morgan fingerprint density at radius 2 is 2.21 bits per heavy atom. The van der Waals surface area contributed by atoms with Gasteiger partial charge in [-0.25, -0.2) is 4.79 Å². The fourth-order valence-electron chi connectivity index (χ4n) is 2.46. The van der Waals surface area contributed by atoms with Gasteiger partial charge in [-0.3, -0.25) is 14.5 Å². The van der Waals surface area contributed by atoms with Crippen molar-refractivity contribution < 1.29 is 28.3 Å². The van der Waals surface area contributed by atoms with Crippen molar-refractivity contribution in [3.8, 4) is 5.75 Å². The second-order valence-electron chi connectivity index (χ2n) is 5.24. The van der Waals surface area contributed by atoms with Crippen molar-refractivity contribution >= 4 is 28.9 Å². The zero-order valence-corrected chi connectivity index (χ0v) is 13.0. The van der Waals surface area contributed by atoms with Gasteiger partial charge >= 0.3 is 12.0 Å². The van der Waals surface area contributed by atoms with Crippen LogP contribution < -0.4 is 10.1 Å². The highest BCUT2D eigenvalue weighted by atomic mass is 16.5. The third kappa shape index (κ3) is 3.17. The molecule has 0 unspecified atom stereocenters. The molecule has 0 spiro atoms. The van der Waals surface area contributed by atoms with Crippen LogP contribution in [0.3, 0.4) is 0 Å². The Hall–Kier alpha value is -3.03. The fourth-order valence-corrected chi connectivity index (χ4v) is 2.46. The number of rotatable bonds is 5. The predicted molar refractivity (Wildman–Crippen MR) is 82.5 cm³/mol. The largest absolute Gasteiger partial charge is 0.497 e. The number of nitrogens with one attached hydrogen (secondary N) is 1. The van der Waals surface area contributed by atoms with Gasteiger partial charge in [-0.15, -0.1) is 0 Å². The predicted octanol–water partition coefficient (Wildman–Crippen LogP) is 1.08. The number of esters is 1. The van der Waals surface area contributed by atoms with E-state index in [4.69, 9.17) is 13.9 Å².